The summed E-state index contributed by atoms with van der Waals surface area (Å²) in [7, 11) is 1.56. The van der Waals surface area contributed by atoms with Crippen molar-refractivity contribution in [3.8, 4) is 0 Å². The normalized spacial score (nSPS) is 18.7. The van der Waals surface area contributed by atoms with E-state index in [9.17, 15) is 14.4 Å². The molecule has 2 heterocycles. The van der Waals surface area contributed by atoms with Gasteiger partial charge in [-0.2, -0.15) is 0 Å². The third-order valence-electron chi connectivity index (χ3n) is 7.19. The number of carbonyl (C=O) groups excluding carboxylic acids is 3. The molecule has 0 saturated carbocycles. The van der Waals surface area contributed by atoms with E-state index >= 15 is 0 Å². The standard InChI is InChI=1S/C32H35N5O5/c1-21-19-37(15-17-42-21)20-24-10-6-7-11-25(24)31(39)36-29-32(40)34-27-18-23(30(38)33-14-16-41-2)12-13-26(27)28(35-29)22-8-4-3-5-9-22/h3-13,18,21,29H,14-17,19-20H2,1-2H3,(H,33,38)(H,34,40)(H,36,39)/t21-,29+/m0/s1. The fraction of sp³-hybridized carbons (Fsp3) is 0.312. The minimum Gasteiger partial charge on any atom is -0.383 e. The van der Waals surface area contributed by atoms with Crippen molar-refractivity contribution in [1.82, 2.24) is 15.5 Å². The highest BCUT2D eigenvalue weighted by Crippen LogP contribution is 2.26. The van der Waals surface area contributed by atoms with Crippen LogP contribution in [0.25, 0.3) is 0 Å². The molecule has 0 bridgehead atoms. The first-order valence-electron chi connectivity index (χ1n) is 14.0. The molecule has 0 aliphatic carbocycles. The monoisotopic (exact) mass is 569 g/mol. The molecule has 5 rings (SSSR count). The molecule has 1 saturated heterocycles. The summed E-state index contributed by atoms with van der Waals surface area (Å²) < 4.78 is 10.7. The Morgan fingerprint density at radius 1 is 1.07 bits per heavy atom. The molecule has 3 N–H and O–H groups in total. The Morgan fingerprint density at radius 3 is 2.64 bits per heavy atom. The van der Waals surface area contributed by atoms with Crippen molar-refractivity contribution in [3.05, 3.63) is 101 Å². The number of morpholine rings is 1. The van der Waals surface area contributed by atoms with E-state index in [-0.39, 0.29) is 12.0 Å². The first-order valence-corrected chi connectivity index (χ1v) is 14.0. The Hall–Kier alpha value is -4.38. The van der Waals surface area contributed by atoms with Crippen molar-refractivity contribution in [2.45, 2.75) is 25.7 Å². The van der Waals surface area contributed by atoms with E-state index in [4.69, 9.17) is 14.5 Å². The van der Waals surface area contributed by atoms with Crippen LogP contribution < -0.4 is 16.0 Å². The zero-order valence-corrected chi connectivity index (χ0v) is 23.8. The second-order valence-electron chi connectivity index (χ2n) is 10.3. The molecule has 0 unspecified atom stereocenters. The van der Waals surface area contributed by atoms with E-state index in [1.54, 1.807) is 37.4 Å². The molecule has 0 spiro atoms. The van der Waals surface area contributed by atoms with Gasteiger partial charge in [0.05, 0.1) is 30.7 Å². The van der Waals surface area contributed by atoms with Gasteiger partial charge in [-0.15, -0.1) is 0 Å². The Bertz CT molecular complexity index is 1480. The predicted octanol–water partition coefficient (Wildman–Crippen LogP) is 2.83. The van der Waals surface area contributed by atoms with Crippen LogP contribution in [0.2, 0.25) is 0 Å². The first-order chi connectivity index (χ1) is 20.4. The number of fused-ring (bicyclic) bond motifs is 1. The average Bonchev–Trinajstić information content (AvgIpc) is 3.13. The van der Waals surface area contributed by atoms with Crippen LogP contribution in [0.15, 0.2) is 77.8 Å². The summed E-state index contributed by atoms with van der Waals surface area (Å²) in [4.78, 5) is 46.8. The van der Waals surface area contributed by atoms with E-state index in [2.05, 4.69) is 20.9 Å². The second-order valence-corrected chi connectivity index (χ2v) is 10.3. The number of carbonyl (C=O) groups is 3. The zero-order valence-electron chi connectivity index (χ0n) is 23.8. The van der Waals surface area contributed by atoms with Crippen LogP contribution in [0.5, 0.6) is 0 Å². The van der Waals surface area contributed by atoms with Gasteiger partial charge in [-0.1, -0.05) is 48.5 Å². The summed E-state index contributed by atoms with van der Waals surface area (Å²) in [5.41, 5.74) is 4.09. The van der Waals surface area contributed by atoms with Crippen molar-refractivity contribution >= 4 is 29.1 Å². The van der Waals surface area contributed by atoms with E-state index in [0.29, 0.717) is 54.4 Å². The Balaban J connectivity index is 1.42. The van der Waals surface area contributed by atoms with E-state index in [1.807, 2.05) is 49.4 Å². The average molecular weight is 570 g/mol. The van der Waals surface area contributed by atoms with Crippen LogP contribution in [-0.2, 0) is 20.8 Å². The molecule has 2 aliphatic rings. The van der Waals surface area contributed by atoms with Crippen LogP contribution in [0.3, 0.4) is 0 Å². The van der Waals surface area contributed by atoms with Gasteiger partial charge in [-0.3, -0.25) is 19.3 Å². The number of rotatable bonds is 9. The van der Waals surface area contributed by atoms with Gasteiger partial charge in [-0.25, -0.2) is 4.99 Å². The number of hydrogen-bond donors (Lipinski definition) is 3. The number of nitrogens with zero attached hydrogens (tertiary/aromatic N) is 2. The van der Waals surface area contributed by atoms with Crippen LogP contribution in [0, 0.1) is 0 Å². The number of methoxy groups -OCH3 is 1. The van der Waals surface area contributed by atoms with Gasteiger partial charge >= 0.3 is 0 Å². The molecule has 2 aliphatic heterocycles. The molecule has 42 heavy (non-hydrogen) atoms. The maximum absolute atomic E-state index is 13.6. The third-order valence-corrected chi connectivity index (χ3v) is 7.19. The molecule has 1 fully saturated rings. The summed E-state index contributed by atoms with van der Waals surface area (Å²) in [6.45, 7) is 5.56. The lowest BCUT2D eigenvalue weighted by molar-refractivity contribution is -0.117. The number of aliphatic imine (C=N–C) groups is 1. The van der Waals surface area contributed by atoms with Crippen molar-refractivity contribution in [2.75, 3.05) is 45.3 Å². The summed E-state index contributed by atoms with van der Waals surface area (Å²) in [6.07, 6.45) is -1.07. The SMILES string of the molecule is COCCNC(=O)c1ccc2c(c1)NC(=O)[C@@H](NC(=O)c1ccccc1CN1CCO[C@@H](C)C1)N=C2c1ccccc1. The van der Waals surface area contributed by atoms with Crippen LogP contribution in [-0.4, -0.2) is 80.6 Å². The molecule has 218 valence electrons. The van der Waals surface area contributed by atoms with E-state index in [0.717, 1.165) is 24.2 Å². The topological polar surface area (TPSA) is 121 Å². The zero-order chi connectivity index (χ0) is 29.5. The summed E-state index contributed by atoms with van der Waals surface area (Å²) in [5, 5.41) is 8.52. The maximum Gasteiger partial charge on any atom is 0.269 e. The fourth-order valence-electron chi connectivity index (χ4n) is 5.10. The largest absolute Gasteiger partial charge is 0.383 e. The Kier molecular flexibility index (Phi) is 9.38. The van der Waals surface area contributed by atoms with Crippen LogP contribution >= 0.6 is 0 Å². The fourth-order valence-corrected chi connectivity index (χ4v) is 5.10. The molecular weight excluding hydrogens is 534 g/mol. The highest BCUT2D eigenvalue weighted by Gasteiger charge is 2.29. The molecule has 10 heteroatoms. The lowest BCUT2D eigenvalue weighted by Crippen LogP contribution is -2.43. The first kappa shape index (κ1) is 29.1. The molecule has 0 aromatic heterocycles. The van der Waals surface area contributed by atoms with Crippen LogP contribution in [0.1, 0.15) is 44.3 Å². The minimum atomic E-state index is -1.20. The Labute approximate surface area is 245 Å². The molecule has 10 nitrogen and oxygen atoms in total. The van der Waals surface area contributed by atoms with Crippen LogP contribution in [0.4, 0.5) is 5.69 Å². The number of benzene rings is 3. The number of ether oxygens (including phenoxy) is 2. The predicted molar refractivity (Wildman–Crippen MR) is 160 cm³/mol. The summed E-state index contributed by atoms with van der Waals surface area (Å²) in [5.74, 6) is -1.19. The quantitative estimate of drug-likeness (QED) is 0.341. The number of amides is 3. The van der Waals surface area contributed by atoms with Crippen molar-refractivity contribution in [1.29, 1.82) is 0 Å². The summed E-state index contributed by atoms with van der Waals surface area (Å²) in [6, 6.07) is 21.9. The number of benzodiazepines with no additional fused rings is 1. The second kappa shape index (κ2) is 13.5. The maximum atomic E-state index is 13.6. The lowest BCUT2D eigenvalue weighted by Gasteiger charge is -2.31. The van der Waals surface area contributed by atoms with Crippen molar-refractivity contribution < 1.29 is 23.9 Å². The molecule has 3 aromatic rings. The lowest BCUT2D eigenvalue weighted by atomic mass is 9.99. The minimum absolute atomic E-state index is 0.124. The van der Waals surface area contributed by atoms with Gasteiger partial charge in [0.1, 0.15) is 0 Å². The number of hydrogen-bond acceptors (Lipinski definition) is 7. The third kappa shape index (κ3) is 6.91. The highest BCUT2D eigenvalue weighted by molar-refractivity contribution is 6.20. The van der Waals surface area contributed by atoms with E-state index in [1.165, 1.54) is 0 Å². The molecule has 0 radical (unpaired) electrons. The van der Waals surface area contributed by atoms with Gasteiger partial charge in [-0.05, 0) is 36.8 Å². The Morgan fingerprint density at radius 2 is 1.86 bits per heavy atom. The molecular formula is C32H35N5O5. The van der Waals surface area contributed by atoms with Gasteiger partial charge in [0.2, 0.25) is 6.17 Å². The van der Waals surface area contributed by atoms with Gasteiger partial charge in [0.25, 0.3) is 17.7 Å². The van der Waals surface area contributed by atoms with E-state index < -0.39 is 18.0 Å². The number of anilines is 1. The van der Waals surface area contributed by atoms with Gasteiger partial charge in [0, 0.05) is 55.5 Å². The van der Waals surface area contributed by atoms with Crippen molar-refractivity contribution in [2.24, 2.45) is 4.99 Å². The van der Waals surface area contributed by atoms with Crippen molar-refractivity contribution in [3.63, 3.8) is 0 Å². The molecule has 3 aromatic carbocycles. The molecule has 3 amide bonds. The highest BCUT2D eigenvalue weighted by atomic mass is 16.5. The smallest absolute Gasteiger partial charge is 0.269 e. The number of nitrogens with one attached hydrogen (secondary N) is 3. The summed E-state index contributed by atoms with van der Waals surface area (Å²) >= 11 is 0. The van der Waals surface area contributed by atoms with Gasteiger partial charge in [0.15, 0.2) is 0 Å². The van der Waals surface area contributed by atoms with Gasteiger partial charge < -0.3 is 25.4 Å². The molecule has 2 atom stereocenters.